The third-order valence-corrected chi connectivity index (χ3v) is 10.7. The number of rotatable bonds is 23. The minimum atomic E-state index is -0.651. The number of alkyl carbamates (subject to hydrolysis) is 1. The Kier molecular flexibility index (Phi) is 28.3. The van der Waals surface area contributed by atoms with Gasteiger partial charge in [0.1, 0.15) is 31.4 Å². The van der Waals surface area contributed by atoms with E-state index in [1.54, 1.807) is 32.2 Å². The average Bonchev–Trinajstić information content (AvgIpc) is 4.15. The second kappa shape index (κ2) is 32.9. The number of benzene rings is 2. The number of carbonyl (C=O) groups excluding carboxylic acids is 4. The maximum atomic E-state index is 13.6. The molecule has 0 aliphatic carbocycles. The molecular formula is C48H74N8O10S. The second-order valence-electron chi connectivity index (χ2n) is 15.0. The molecule has 1 fully saturated rings. The van der Waals surface area contributed by atoms with Crippen LogP contribution in [0.15, 0.2) is 48.8 Å². The lowest BCUT2D eigenvalue weighted by Gasteiger charge is -2.29. The lowest BCUT2D eigenvalue weighted by atomic mass is 9.98. The van der Waals surface area contributed by atoms with Crippen LogP contribution in [0.4, 0.5) is 4.79 Å². The largest absolute Gasteiger partial charge is 0.487 e. The summed E-state index contributed by atoms with van der Waals surface area (Å²) in [7, 11) is 7.65. The Bertz CT molecular complexity index is 2030. The van der Waals surface area contributed by atoms with Crippen LogP contribution in [0, 0.1) is 5.92 Å². The minimum Gasteiger partial charge on any atom is -0.487 e. The summed E-state index contributed by atoms with van der Waals surface area (Å²) in [6, 6.07) is 11.7. The van der Waals surface area contributed by atoms with Crippen LogP contribution in [-0.2, 0) is 39.8 Å². The van der Waals surface area contributed by atoms with Crippen LogP contribution >= 0.6 is 11.8 Å². The van der Waals surface area contributed by atoms with E-state index in [1.807, 2.05) is 82.2 Å². The van der Waals surface area contributed by atoms with Gasteiger partial charge in [0.15, 0.2) is 11.5 Å². The van der Waals surface area contributed by atoms with Crippen LogP contribution in [0.25, 0.3) is 33.6 Å². The van der Waals surface area contributed by atoms with E-state index >= 15 is 0 Å². The molecule has 2 aromatic carbocycles. The molecule has 1 aliphatic rings. The zero-order chi connectivity index (χ0) is 49.6. The molecule has 1 saturated heterocycles. The fraction of sp³-hybridized carbons (Fsp3) is 0.542. The van der Waals surface area contributed by atoms with Crippen molar-refractivity contribution < 1.29 is 47.6 Å². The highest BCUT2D eigenvalue weighted by atomic mass is 32.2. The van der Waals surface area contributed by atoms with Gasteiger partial charge >= 0.3 is 6.09 Å². The molecule has 3 amide bonds. The van der Waals surface area contributed by atoms with Crippen LogP contribution in [0.3, 0.4) is 0 Å². The van der Waals surface area contributed by atoms with E-state index in [2.05, 4.69) is 54.2 Å². The number of aryl methyl sites for hydroxylation is 1. The number of likely N-dealkylation sites (tertiary alicyclic amines) is 1. The summed E-state index contributed by atoms with van der Waals surface area (Å²) >= 11 is 1.55. The molecule has 372 valence electrons. The third-order valence-electron chi connectivity index (χ3n) is 9.83. The van der Waals surface area contributed by atoms with Gasteiger partial charge in [-0.3, -0.25) is 14.4 Å². The van der Waals surface area contributed by atoms with Crippen molar-refractivity contribution in [1.82, 2.24) is 40.8 Å². The number of amides is 3. The molecule has 5 N–H and O–H groups in total. The molecule has 4 aromatic rings. The van der Waals surface area contributed by atoms with Crippen LogP contribution in [-0.4, -0.2) is 142 Å². The first-order valence-corrected chi connectivity index (χ1v) is 23.9. The number of thioether (sulfide) groups is 1. The number of methoxy groups -OCH3 is 4. The molecule has 1 aliphatic heterocycles. The van der Waals surface area contributed by atoms with E-state index in [1.165, 1.54) is 20.6 Å². The summed E-state index contributed by atoms with van der Waals surface area (Å²) in [5, 5.41) is 8.29. The van der Waals surface area contributed by atoms with Gasteiger partial charge in [0.05, 0.1) is 69.2 Å². The number of hydrogen-bond donors (Lipinski definition) is 5. The SMILES string of the molecule is CC.CCC.CNC(C(=O)N1CCCC1c1ncc(-c2ccc(-c3ccc(-c4cnc(CCSCNC(=O)CNC(=O)OC)[nH]4)cc3)c(OCCOC)c2OCCOC)[nH]1)C(C)C.COC=O. The van der Waals surface area contributed by atoms with Crippen molar-refractivity contribution >= 4 is 36.1 Å². The number of hydrogen-bond acceptors (Lipinski definition) is 14. The fourth-order valence-corrected chi connectivity index (χ4v) is 7.49. The smallest absolute Gasteiger partial charge is 0.407 e. The molecule has 5 rings (SSSR count). The number of likely N-dealkylation sites (N-methyl/N-ethyl adjacent to an activating group) is 1. The average molecular weight is 955 g/mol. The van der Waals surface area contributed by atoms with Crippen LogP contribution in [0.2, 0.25) is 0 Å². The first kappa shape index (κ1) is 57.5. The van der Waals surface area contributed by atoms with Crippen molar-refractivity contribution in [1.29, 1.82) is 0 Å². The molecule has 2 aromatic heterocycles. The van der Waals surface area contributed by atoms with Crippen LogP contribution < -0.4 is 25.4 Å². The highest BCUT2D eigenvalue weighted by Crippen LogP contribution is 2.45. The topological polar surface area (TPSA) is 220 Å². The summed E-state index contributed by atoms with van der Waals surface area (Å²) in [4.78, 5) is 63.7. The monoisotopic (exact) mass is 955 g/mol. The van der Waals surface area contributed by atoms with Crippen molar-refractivity contribution in [2.45, 2.75) is 79.3 Å². The number of nitrogens with one attached hydrogen (secondary N) is 5. The molecule has 67 heavy (non-hydrogen) atoms. The summed E-state index contributed by atoms with van der Waals surface area (Å²) in [6.07, 6.45) is 6.62. The van der Waals surface area contributed by atoms with Gasteiger partial charge in [-0.05, 0) is 49.1 Å². The highest BCUT2D eigenvalue weighted by molar-refractivity contribution is 7.99. The molecule has 19 heteroatoms. The Balaban J connectivity index is 0.00000158. The van der Waals surface area contributed by atoms with E-state index in [9.17, 15) is 14.4 Å². The van der Waals surface area contributed by atoms with E-state index in [0.29, 0.717) is 63.2 Å². The first-order chi connectivity index (χ1) is 32.5. The number of nitrogens with zero attached hydrogens (tertiary/aromatic N) is 3. The van der Waals surface area contributed by atoms with Gasteiger partial charge < -0.3 is 59.2 Å². The lowest BCUT2D eigenvalue weighted by molar-refractivity contribution is -0.135. The minimum absolute atomic E-state index is 0.0847. The zero-order valence-corrected chi connectivity index (χ0v) is 42.1. The fourth-order valence-electron chi connectivity index (χ4n) is 6.75. The van der Waals surface area contributed by atoms with Crippen molar-refractivity contribution in [2.24, 2.45) is 5.92 Å². The molecule has 2 unspecified atom stereocenters. The number of carbonyl (C=O) groups is 4. The normalized spacial score (nSPS) is 13.1. The zero-order valence-electron chi connectivity index (χ0n) is 41.2. The van der Waals surface area contributed by atoms with Crippen molar-refractivity contribution in [2.75, 3.05) is 86.6 Å². The molecule has 0 radical (unpaired) electrons. The van der Waals surface area contributed by atoms with Gasteiger partial charge in [0.2, 0.25) is 11.8 Å². The van der Waals surface area contributed by atoms with Gasteiger partial charge in [0, 0.05) is 44.1 Å². The summed E-state index contributed by atoms with van der Waals surface area (Å²) < 4.78 is 31.9. The summed E-state index contributed by atoms with van der Waals surface area (Å²) in [6.45, 7) is 14.6. The molecule has 0 bridgehead atoms. The maximum absolute atomic E-state index is 13.6. The highest BCUT2D eigenvalue weighted by Gasteiger charge is 2.36. The molecule has 0 saturated carbocycles. The van der Waals surface area contributed by atoms with Gasteiger partial charge in [-0.15, -0.1) is 11.8 Å². The Morgan fingerprint density at radius 1 is 0.851 bits per heavy atom. The quantitative estimate of drug-likeness (QED) is 0.0287. The maximum Gasteiger partial charge on any atom is 0.407 e. The van der Waals surface area contributed by atoms with Gasteiger partial charge in [-0.25, -0.2) is 14.8 Å². The number of aromatic nitrogens is 4. The molecule has 2 atom stereocenters. The predicted octanol–water partition coefficient (Wildman–Crippen LogP) is 7.03. The second-order valence-corrected chi connectivity index (χ2v) is 16.1. The van der Waals surface area contributed by atoms with E-state index < -0.39 is 6.09 Å². The van der Waals surface area contributed by atoms with E-state index in [0.717, 1.165) is 63.9 Å². The predicted molar refractivity (Wildman–Crippen MR) is 263 cm³/mol. The number of ether oxygens (including phenoxy) is 6. The molecular weight excluding hydrogens is 881 g/mol. The standard InChI is InChI=1S/C41H56N8O8S.C3H8.C2H4O2.C2H6/c1-26(2)36(42-3)40(51)49-16-7-8-33(49)39-44-23-32(48-39)30-14-13-29(37(56-19-17-53-4)38(30)57-20-18-54-5)27-9-11-28(12-10-27)31-22-43-34(47-31)15-21-58-25-46-35(50)24-45-41(52)55-6;1-3-2;1-4-2-3;1-2/h9-14,22-23,26,33,36,42H,7-8,15-21,24-25H2,1-6H3,(H,43,47)(H,44,48)(H,45,52)(H,46,50);3H2,1-2H3;2H,1H3;1-2H3. The van der Waals surface area contributed by atoms with Crippen molar-refractivity contribution in [3.05, 3.63) is 60.4 Å². The Morgan fingerprint density at radius 2 is 1.45 bits per heavy atom. The molecule has 3 heterocycles. The van der Waals surface area contributed by atoms with Crippen molar-refractivity contribution in [3.63, 3.8) is 0 Å². The van der Waals surface area contributed by atoms with Gasteiger partial charge in [0.25, 0.3) is 6.47 Å². The Hall–Kier alpha value is -5.63. The Morgan fingerprint density at radius 3 is 2.03 bits per heavy atom. The summed E-state index contributed by atoms with van der Waals surface area (Å²) in [5.41, 5.74) is 5.14. The molecule has 0 spiro atoms. The third kappa shape index (κ3) is 18.5. The van der Waals surface area contributed by atoms with E-state index in [4.69, 9.17) is 28.7 Å². The lowest BCUT2D eigenvalue weighted by Crippen LogP contribution is -2.47. The van der Waals surface area contributed by atoms with Crippen molar-refractivity contribution in [3.8, 4) is 45.1 Å². The number of imidazole rings is 2. The van der Waals surface area contributed by atoms with Gasteiger partial charge in [-0.1, -0.05) is 72.2 Å². The van der Waals surface area contributed by atoms with Gasteiger partial charge in [-0.2, -0.15) is 0 Å². The van der Waals surface area contributed by atoms with Crippen LogP contribution in [0.1, 0.15) is 78.5 Å². The van der Waals surface area contributed by atoms with E-state index in [-0.39, 0.29) is 36.4 Å². The first-order valence-electron chi connectivity index (χ1n) is 22.7. The molecule has 18 nitrogen and oxygen atoms in total. The van der Waals surface area contributed by atoms with Crippen LogP contribution in [0.5, 0.6) is 11.5 Å². The number of aromatic amines is 2. The Labute approximate surface area is 400 Å². The number of H-pyrrole nitrogens is 2. The summed E-state index contributed by atoms with van der Waals surface area (Å²) in [5.74, 6) is 3.78.